The number of benzene rings is 7. The molecule has 9 rings (SSSR count). The summed E-state index contributed by atoms with van der Waals surface area (Å²) in [7, 11) is 73.5. The van der Waals surface area contributed by atoms with E-state index in [1.54, 1.807) is 0 Å². The van der Waals surface area contributed by atoms with Crippen LogP contribution in [0.4, 0.5) is 0 Å². The summed E-state index contributed by atoms with van der Waals surface area (Å²) in [6.07, 6.45) is 0. The van der Waals surface area contributed by atoms with Crippen molar-refractivity contribution < 1.29 is 0 Å². The van der Waals surface area contributed by atoms with Gasteiger partial charge in [0, 0.05) is 26.1 Å². The predicted octanol–water partition coefficient (Wildman–Crippen LogP) is -1.03. The Bertz CT molecular complexity index is 3210. The maximum Gasteiger partial charge on any atom is 0.164 e. The Kier molecular flexibility index (Phi) is 10.3. The molecule has 0 amide bonds. The van der Waals surface area contributed by atoms with E-state index < -0.39 is 0 Å². The fraction of sp³-hybridized carbons (Fsp3) is 0. The fourth-order valence-corrected chi connectivity index (χ4v) is 8.93. The lowest BCUT2D eigenvalue weighted by atomic mass is 9.59. The average molecular weight is 752 g/mol. The zero-order valence-electron chi connectivity index (χ0n) is 32.0. The molecule has 0 saturated heterocycles. The molecule has 0 fully saturated rings. The summed E-state index contributed by atoms with van der Waals surface area (Å²) in [5.41, 5.74) is 7.41. The first-order valence-corrected chi connectivity index (χ1v) is 19.5. The molecule has 15 heteroatoms. The van der Waals surface area contributed by atoms with Crippen LogP contribution in [0.15, 0.2) is 109 Å². The maximum absolute atomic E-state index is 7.14. The first-order valence-electron chi connectivity index (χ1n) is 18.6. The van der Waals surface area contributed by atoms with Gasteiger partial charge < -0.3 is 0 Å². The Labute approximate surface area is 367 Å². The van der Waals surface area contributed by atoms with Gasteiger partial charge >= 0.3 is 0 Å². The molecule has 2 aromatic heterocycles. The molecule has 0 saturated carbocycles. The molecule has 252 valence electrons. The van der Waals surface area contributed by atoms with E-state index in [1.165, 1.54) is 11.3 Å². The number of thiophene rings is 1. The van der Waals surface area contributed by atoms with Gasteiger partial charge in [-0.25, -0.2) is 15.0 Å². The molecular formula is C45H18B11N3S. The second-order valence-corrected chi connectivity index (χ2v) is 15.4. The van der Waals surface area contributed by atoms with Crippen LogP contribution in [-0.4, -0.2) is 101 Å². The van der Waals surface area contributed by atoms with Gasteiger partial charge in [-0.1, -0.05) is 147 Å². The van der Waals surface area contributed by atoms with E-state index in [9.17, 15) is 0 Å². The Balaban J connectivity index is 1.29. The lowest BCUT2D eigenvalue weighted by molar-refractivity contribution is 1.08. The quantitative estimate of drug-likeness (QED) is 0.205. The highest BCUT2D eigenvalue weighted by Crippen LogP contribution is 2.32. The van der Waals surface area contributed by atoms with Gasteiger partial charge in [0.1, 0.15) is 86.3 Å². The largest absolute Gasteiger partial charge is 0.208 e. The molecule has 60 heavy (non-hydrogen) atoms. The van der Waals surface area contributed by atoms with Crippen molar-refractivity contribution in [2.45, 2.75) is 0 Å². The number of nitrogens with zero attached hydrogens (tertiary/aromatic N) is 3. The SMILES string of the molecule is [B]c1c([B])c(-c2nc(-c3ccc(-c4ccccc4)cc3)nc(-c3cccc(-c4ccccc4)c3)n2)c([B])c(-c2c([B])c([B])c3c(sc4c([B])c([B])c([B])c([B])c43)c2[B])c1[B]. The Morgan fingerprint density at radius 1 is 0.283 bits per heavy atom. The third-order valence-electron chi connectivity index (χ3n) is 10.9. The smallest absolute Gasteiger partial charge is 0.164 e. The highest BCUT2D eigenvalue weighted by molar-refractivity contribution is 7.28. The van der Waals surface area contributed by atoms with Crippen molar-refractivity contribution in [1.29, 1.82) is 0 Å². The van der Waals surface area contributed by atoms with Crippen LogP contribution in [0.5, 0.6) is 0 Å². The molecular weight excluding hydrogens is 734 g/mol. The molecule has 0 aliphatic carbocycles. The molecule has 0 unspecified atom stereocenters. The number of aromatic nitrogens is 3. The lowest BCUT2D eigenvalue weighted by Crippen LogP contribution is -2.48. The van der Waals surface area contributed by atoms with E-state index >= 15 is 0 Å². The van der Waals surface area contributed by atoms with Crippen molar-refractivity contribution in [3.63, 3.8) is 0 Å². The number of hydrogen-bond donors (Lipinski definition) is 0. The minimum Gasteiger partial charge on any atom is -0.208 e. The summed E-state index contributed by atoms with van der Waals surface area (Å²) in [6.45, 7) is 0. The molecule has 22 radical (unpaired) electrons. The van der Waals surface area contributed by atoms with Gasteiger partial charge in [0.05, 0.1) is 0 Å². The predicted molar refractivity (Wildman–Crippen MR) is 265 cm³/mol. The molecule has 7 aromatic carbocycles. The van der Waals surface area contributed by atoms with Crippen molar-refractivity contribution >= 4 is 178 Å². The minimum atomic E-state index is 0.0128. The third kappa shape index (κ3) is 6.48. The Hall–Kier alpha value is -5.52. The van der Waals surface area contributed by atoms with Crippen LogP contribution in [0, 0.1) is 0 Å². The van der Waals surface area contributed by atoms with Crippen LogP contribution in [0.1, 0.15) is 0 Å². The van der Waals surface area contributed by atoms with E-state index in [1.807, 2.05) is 109 Å². The first-order chi connectivity index (χ1) is 28.8. The maximum atomic E-state index is 7.14. The third-order valence-corrected chi connectivity index (χ3v) is 12.1. The summed E-state index contributed by atoms with van der Waals surface area (Å²) in [4.78, 5) is 14.9. The fourth-order valence-electron chi connectivity index (χ4n) is 7.67. The molecule has 2 heterocycles. The molecule has 0 N–H and O–H groups in total. The summed E-state index contributed by atoms with van der Waals surface area (Å²) in [6, 6.07) is 35.9. The number of rotatable bonds is 6. The van der Waals surface area contributed by atoms with Gasteiger partial charge in [-0.15, -0.1) is 27.7 Å². The monoisotopic (exact) mass is 753 g/mol. The zero-order chi connectivity index (χ0) is 42.1. The molecule has 0 aliphatic rings. The molecule has 0 spiro atoms. The highest BCUT2D eigenvalue weighted by atomic mass is 32.1. The van der Waals surface area contributed by atoms with Crippen molar-refractivity contribution in [2.75, 3.05) is 0 Å². The normalized spacial score (nSPS) is 11.4. The minimum absolute atomic E-state index is 0.0128. The van der Waals surface area contributed by atoms with Crippen molar-refractivity contribution in [3.05, 3.63) is 109 Å². The van der Waals surface area contributed by atoms with Gasteiger partial charge in [0.2, 0.25) is 0 Å². The number of fused-ring (bicyclic) bond motifs is 3. The van der Waals surface area contributed by atoms with Crippen LogP contribution in [0.3, 0.4) is 0 Å². The summed E-state index contributed by atoms with van der Waals surface area (Å²) >= 11 is 1.23. The standard InChI is InChI=1S/C45H18B11N3S/c46-30-25(26-31(47)33(49)27-28-34(50)38(54)39(55)40(56)42(28)60-41(27)36(26)52)32(48)37(53)35(51)29(30)45-58-43(22-16-14-21(15-17-22)19-8-3-1-4-9-19)57-44(59-45)24-13-7-12-23(18-24)20-10-5-2-6-11-20/h1-18H. The van der Waals surface area contributed by atoms with E-state index in [-0.39, 0.29) is 82.6 Å². The zero-order valence-corrected chi connectivity index (χ0v) is 32.8. The van der Waals surface area contributed by atoms with Gasteiger partial charge in [-0.2, -0.15) is 0 Å². The van der Waals surface area contributed by atoms with Gasteiger partial charge in [0.15, 0.2) is 17.5 Å². The number of hydrogen-bond acceptors (Lipinski definition) is 4. The van der Waals surface area contributed by atoms with Crippen LogP contribution in [0.25, 0.3) is 87.7 Å². The van der Waals surface area contributed by atoms with Crippen LogP contribution in [-0.2, 0) is 0 Å². The highest BCUT2D eigenvalue weighted by Gasteiger charge is 2.25. The van der Waals surface area contributed by atoms with Crippen molar-refractivity contribution in [3.8, 4) is 67.5 Å². The van der Waals surface area contributed by atoms with Crippen molar-refractivity contribution in [1.82, 2.24) is 15.0 Å². The van der Waals surface area contributed by atoms with E-state index in [2.05, 4.69) is 0 Å². The van der Waals surface area contributed by atoms with E-state index in [0.717, 1.165) is 33.4 Å². The molecule has 9 aromatic rings. The van der Waals surface area contributed by atoms with Gasteiger partial charge in [-0.05, 0) is 50.2 Å². The lowest BCUT2D eigenvalue weighted by Gasteiger charge is -2.26. The second kappa shape index (κ2) is 15.5. The van der Waals surface area contributed by atoms with Crippen LogP contribution in [0.2, 0.25) is 0 Å². The summed E-state index contributed by atoms with van der Waals surface area (Å²) in [5, 5.41) is 0.951. The van der Waals surface area contributed by atoms with Crippen molar-refractivity contribution in [2.24, 2.45) is 0 Å². The Morgan fingerprint density at radius 3 is 1.32 bits per heavy atom. The van der Waals surface area contributed by atoms with E-state index in [0.29, 0.717) is 31.8 Å². The Morgan fingerprint density at radius 2 is 0.683 bits per heavy atom. The molecule has 0 aliphatic heterocycles. The van der Waals surface area contributed by atoms with Crippen LogP contribution < -0.4 is 60.1 Å². The topological polar surface area (TPSA) is 38.7 Å². The second-order valence-electron chi connectivity index (χ2n) is 14.4. The van der Waals surface area contributed by atoms with E-state index in [4.69, 9.17) is 101 Å². The molecule has 0 bridgehead atoms. The van der Waals surface area contributed by atoms with Crippen LogP contribution >= 0.6 is 11.3 Å². The van der Waals surface area contributed by atoms with Gasteiger partial charge in [0.25, 0.3) is 0 Å². The average Bonchev–Trinajstić information content (AvgIpc) is 3.69. The summed E-state index contributed by atoms with van der Waals surface area (Å²) in [5.74, 6) is 0.855. The molecule has 0 atom stereocenters. The molecule has 3 nitrogen and oxygen atoms in total. The summed E-state index contributed by atoms with van der Waals surface area (Å²) < 4.78 is 1.05. The first kappa shape index (κ1) is 39.9. The van der Waals surface area contributed by atoms with Gasteiger partial charge in [-0.3, -0.25) is 0 Å².